The molecule has 4 N–H and O–H groups in total. The van der Waals surface area contributed by atoms with Gasteiger partial charge in [0.2, 0.25) is 0 Å². The van der Waals surface area contributed by atoms with Crippen LogP contribution < -0.4 is 14.8 Å². The van der Waals surface area contributed by atoms with Crippen LogP contribution in [0.5, 0.6) is 5.75 Å². The van der Waals surface area contributed by atoms with E-state index in [9.17, 15) is 13.9 Å². The number of aromatic nitrogens is 1. The summed E-state index contributed by atoms with van der Waals surface area (Å²) >= 11 is 0. The highest BCUT2D eigenvalue weighted by Gasteiger charge is 2.25. The molecule has 3 aromatic carbocycles. The lowest BCUT2D eigenvalue weighted by Crippen LogP contribution is -2.40. The quantitative estimate of drug-likeness (QED) is 0.196. The molecule has 4 aromatic rings. The summed E-state index contributed by atoms with van der Waals surface area (Å²) in [5, 5.41) is 2.93. The molecule has 1 aromatic heterocycles. The first-order valence-electron chi connectivity index (χ1n) is 12.0. The molecular weight excluding hydrogens is 486 g/mol. The number of aryl methyl sites for hydroxylation is 1. The van der Waals surface area contributed by atoms with Crippen LogP contribution in [0, 0.1) is 6.92 Å². The molecule has 4 rings (SSSR count). The Morgan fingerprint density at radius 1 is 0.946 bits per heavy atom. The van der Waals surface area contributed by atoms with Gasteiger partial charge in [-0.25, -0.2) is 9.52 Å². The third-order valence-electron chi connectivity index (χ3n) is 5.87. The van der Waals surface area contributed by atoms with Crippen LogP contribution in [-0.2, 0) is 6.42 Å². The molecule has 0 saturated carbocycles. The average Bonchev–Trinajstić information content (AvgIpc) is 2.89. The first-order valence-corrected chi connectivity index (χ1v) is 13.6. The van der Waals surface area contributed by atoms with E-state index in [1.807, 2.05) is 73.7 Å². The molecule has 0 aliphatic rings. The van der Waals surface area contributed by atoms with E-state index in [1.165, 1.54) is 0 Å². The van der Waals surface area contributed by atoms with Gasteiger partial charge in [-0.05, 0) is 61.2 Å². The van der Waals surface area contributed by atoms with Gasteiger partial charge >= 0.3 is 6.03 Å². The van der Waals surface area contributed by atoms with Crippen LogP contribution in [0.25, 0.3) is 11.1 Å². The van der Waals surface area contributed by atoms with Gasteiger partial charge in [-0.2, -0.15) is 0 Å². The number of nitrogens with one attached hydrogen (secondary N) is 2. The molecule has 0 bridgehead atoms. The Balaban J connectivity index is 1.64. The van der Waals surface area contributed by atoms with E-state index in [4.69, 9.17) is 4.74 Å². The minimum Gasteiger partial charge on any atom is -0.494 e. The smallest absolute Gasteiger partial charge is 0.333 e. The van der Waals surface area contributed by atoms with Crippen LogP contribution in [0.15, 0.2) is 102 Å². The Morgan fingerprint density at radius 3 is 2.35 bits per heavy atom. The SMILES string of the molecule is CCOc1ccc(-c2cccnc2[C@H](Cc2ccccc2)NC(=O)NS(O)(O)c2ccccc2C)cc1. The molecule has 0 aliphatic heterocycles. The molecule has 0 saturated heterocycles. The van der Waals surface area contributed by atoms with Crippen LogP contribution in [0.1, 0.15) is 29.8 Å². The van der Waals surface area contributed by atoms with Gasteiger partial charge in [-0.15, -0.1) is 0 Å². The number of ether oxygens (including phenoxy) is 1. The van der Waals surface area contributed by atoms with Crippen molar-refractivity contribution in [3.8, 4) is 16.9 Å². The predicted octanol–water partition coefficient (Wildman–Crippen LogP) is 6.76. The number of benzene rings is 3. The van der Waals surface area contributed by atoms with E-state index in [0.29, 0.717) is 24.3 Å². The van der Waals surface area contributed by atoms with E-state index in [1.54, 1.807) is 37.4 Å². The van der Waals surface area contributed by atoms with Gasteiger partial charge in [0.25, 0.3) is 0 Å². The van der Waals surface area contributed by atoms with Crippen molar-refractivity contribution >= 4 is 16.8 Å². The summed E-state index contributed by atoms with van der Waals surface area (Å²) < 4.78 is 29.5. The van der Waals surface area contributed by atoms with E-state index in [0.717, 1.165) is 22.4 Å². The minimum atomic E-state index is -3.56. The van der Waals surface area contributed by atoms with Crippen molar-refractivity contribution in [1.29, 1.82) is 0 Å². The van der Waals surface area contributed by atoms with E-state index >= 15 is 0 Å². The predicted molar refractivity (Wildman–Crippen MR) is 148 cm³/mol. The Morgan fingerprint density at radius 2 is 1.65 bits per heavy atom. The summed E-state index contributed by atoms with van der Waals surface area (Å²) in [7, 11) is -3.56. The van der Waals surface area contributed by atoms with E-state index in [2.05, 4.69) is 15.0 Å². The number of pyridine rings is 1. The van der Waals surface area contributed by atoms with Crippen LogP contribution >= 0.6 is 10.8 Å². The Hall–Kier alpha value is -3.85. The number of carbonyl (C=O) groups is 1. The van der Waals surface area contributed by atoms with Crippen molar-refractivity contribution in [3.05, 3.63) is 114 Å². The van der Waals surface area contributed by atoms with Gasteiger partial charge in [0.05, 0.1) is 23.2 Å². The molecule has 0 aliphatic carbocycles. The third kappa shape index (κ3) is 6.68. The molecule has 0 fully saturated rings. The number of urea groups is 1. The Bertz CT molecular complexity index is 1330. The molecule has 0 radical (unpaired) electrons. The Kier molecular flexibility index (Phi) is 8.45. The second-order valence-electron chi connectivity index (χ2n) is 8.53. The molecule has 37 heavy (non-hydrogen) atoms. The van der Waals surface area contributed by atoms with Crippen molar-refractivity contribution in [3.63, 3.8) is 0 Å². The first-order chi connectivity index (χ1) is 17.9. The summed E-state index contributed by atoms with van der Waals surface area (Å²) in [6.07, 6.45) is 2.14. The van der Waals surface area contributed by atoms with Crippen molar-refractivity contribution < 1.29 is 18.6 Å². The molecule has 2 amide bonds. The van der Waals surface area contributed by atoms with Gasteiger partial charge in [0.15, 0.2) is 0 Å². The van der Waals surface area contributed by atoms with Gasteiger partial charge in [0.1, 0.15) is 5.75 Å². The van der Waals surface area contributed by atoms with Crippen molar-refractivity contribution in [2.24, 2.45) is 0 Å². The molecule has 1 atom stereocenters. The number of amides is 2. The summed E-state index contributed by atoms with van der Waals surface area (Å²) in [6.45, 7) is 4.28. The molecule has 1 heterocycles. The third-order valence-corrected chi connectivity index (χ3v) is 7.41. The molecule has 0 spiro atoms. The number of rotatable bonds is 9. The second-order valence-corrected chi connectivity index (χ2v) is 10.3. The number of hydrogen-bond donors (Lipinski definition) is 4. The number of nitrogens with zero attached hydrogens (tertiary/aromatic N) is 1. The highest BCUT2D eigenvalue weighted by Crippen LogP contribution is 2.45. The van der Waals surface area contributed by atoms with Crippen LogP contribution in [-0.4, -0.2) is 26.7 Å². The van der Waals surface area contributed by atoms with Gasteiger partial charge in [-0.1, -0.05) is 77.5 Å². The van der Waals surface area contributed by atoms with Gasteiger partial charge in [-0.3, -0.25) is 14.1 Å². The fourth-order valence-electron chi connectivity index (χ4n) is 4.15. The maximum atomic E-state index is 13.1. The number of hydrogen-bond acceptors (Lipinski definition) is 5. The van der Waals surface area contributed by atoms with E-state index < -0.39 is 22.8 Å². The largest absolute Gasteiger partial charge is 0.494 e. The van der Waals surface area contributed by atoms with Crippen LogP contribution in [0.2, 0.25) is 0 Å². The monoisotopic (exact) mass is 517 g/mol. The molecule has 8 heteroatoms. The fraction of sp³-hybridized carbons (Fsp3) is 0.172. The lowest BCUT2D eigenvalue weighted by Gasteiger charge is -2.34. The molecule has 7 nitrogen and oxygen atoms in total. The zero-order chi connectivity index (χ0) is 26.3. The van der Waals surface area contributed by atoms with Crippen LogP contribution in [0.3, 0.4) is 0 Å². The van der Waals surface area contributed by atoms with Crippen molar-refractivity contribution in [1.82, 2.24) is 15.0 Å². The fourth-order valence-corrected chi connectivity index (χ4v) is 5.36. The standard InChI is InChI=1S/C29H31N3O4S/c1-3-36-24-17-15-23(16-18-24)25-13-9-19-30-28(25)26(20-22-11-5-4-6-12-22)31-29(33)32-37(34,35)27-14-8-7-10-21(27)2/h4-19,26,34-35H,3,20H2,1-2H3,(H2,31,32,33)/t26-/m0/s1. The minimum absolute atomic E-state index is 0.276. The highest BCUT2D eigenvalue weighted by molar-refractivity contribution is 8.23. The average molecular weight is 518 g/mol. The summed E-state index contributed by atoms with van der Waals surface area (Å²) in [5.41, 5.74) is 4.12. The van der Waals surface area contributed by atoms with Crippen molar-refractivity contribution in [2.75, 3.05) is 6.61 Å². The van der Waals surface area contributed by atoms with Crippen LogP contribution in [0.4, 0.5) is 4.79 Å². The van der Waals surface area contributed by atoms with Gasteiger partial charge < -0.3 is 10.1 Å². The summed E-state index contributed by atoms with van der Waals surface area (Å²) in [5.74, 6) is 0.774. The maximum absolute atomic E-state index is 13.1. The summed E-state index contributed by atoms with van der Waals surface area (Å²) in [6, 6.07) is 26.9. The van der Waals surface area contributed by atoms with E-state index in [-0.39, 0.29) is 4.90 Å². The summed E-state index contributed by atoms with van der Waals surface area (Å²) in [4.78, 5) is 18.0. The zero-order valence-electron chi connectivity index (χ0n) is 20.8. The maximum Gasteiger partial charge on any atom is 0.333 e. The van der Waals surface area contributed by atoms with Gasteiger partial charge in [0, 0.05) is 11.8 Å². The first kappa shape index (κ1) is 26.2. The highest BCUT2D eigenvalue weighted by atomic mass is 32.3. The second kappa shape index (κ2) is 11.9. The molecule has 192 valence electrons. The lowest BCUT2D eigenvalue weighted by molar-refractivity contribution is 0.240. The molecule has 0 unspecified atom stereocenters. The van der Waals surface area contributed by atoms with Crippen molar-refractivity contribution in [2.45, 2.75) is 31.2 Å². The lowest BCUT2D eigenvalue weighted by atomic mass is 9.95. The zero-order valence-corrected chi connectivity index (χ0v) is 21.6. The normalized spacial score (nSPS) is 12.4. The number of carbonyl (C=O) groups excluding carboxylic acids is 1. The topological polar surface area (TPSA) is 104 Å². The molecular formula is C29H31N3O4S. The Labute approximate surface area is 219 Å².